The zero-order valence-corrected chi connectivity index (χ0v) is 39.3. The highest BCUT2D eigenvalue weighted by Gasteiger charge is 2.47. The summed E-state index contributed by atoms with van der Waals surface area (Å²) in [6.07, 6.45) is 6.26. The molecule has 70 heavy (non-hydrogen) atoms. The molecule has 1 aliphatic heterocycles. The summed E-state index contributed by atoms with van der Waals surface area (Å²) in [5, 5.41) is 7.79. The van der Waals surface area contributed by atoms with Gasteiger partial charge in [-0.15, -0.1) is 11.3 Å². The maximum absolute atomic E-state index is 2.61. The van der Waals surface area contributed by atoms with Gasteiger partial charge in [0, 0.05) is 75.3 Å². The van der Waals surface area contributed by atoms with Gasteiger partial charge in [-0.25, -0.2) is 0 Å². The number of hydrogen-bond donors (Lipinski definition) is 0. The molecule has 0 radical (unpaired) electrons. The van der Waals surface area contributed by atoms with Crippen molar-refractivity contribution < 1.29 is 0 Å². The molecule has 1 fully saturated rings. The van der Waals surface area contributed by atoms with E-state index in [-0.39, 0.29) is 5.41 Å². The molecule has 1 spiro atoms. The van der Waals surface area contributed by atoms with E-state index in [0.717, 1.165) is 17.1 Å². The minimum absolute atomic E-state index is 0.0340. The van der Waals surface area contributed by atoms with Crippen molar-refractivity contribution in [2.45, 2.75) is 37.5 Å². The van der Waals surface area contributed by atoms with Crippen LogP contribution in [-0.4, -0.2) is 9.13 Å². The van der Waals surface area contributed by atoms with Crippen molar-refractivity contribution >= 4 is 92.2 Å². The third kappa shape index (κ3) is 5.13. The molecule has 10 aromatic carbocycles. The Kier molecular flexibility index (Phi) is 7.99. The third-order valence-electron chi connectivity index (χ3n) is 16.4. The Balaban J connectivity index is 0.900. The van der Waals surface area contributed by atoms with E-state index in [0.29, 0.717) is 0 Å². The highest BCUT2D eigenvalue weighted by Crippen LogP contribution is 2.63. The molecule has 0 unspecified atom stereocenters. The summed E-state index contributed by atoms with van der Waals surface area (Å²) in [7, 11) is 0. The summed E-state index contributed by atoms with van der Waals surface area (Å²) in [5.74, 6) is 0. The van der Waals surface area contributed by atoms with Gasteiger partial charge in [-0.1, -0.05) is 153 Å². The SMILES string of the molecule is c1ccc2c(c1)-c1c(-c3ccc(N(c4ccc(-n5c6ccccc6c6ccccc65)cc4)c4cccc5sc6ccccc6c45)cc3)ccc3c1-c1c(ccc4c5ccccc5n-2c14)C31CCCCC1. The van der Waals surface area contributed by atoms with Gasteiger partial charge in [0.05, 0.1) is 33.4 Å². The predicted octanol–water partition coefficient (Wildman–Crippen LogP) is 18.6. The second-order valence-corrected chi connectivity index (χ2v) is 20.9. The Bertz CT molecular complexity index is 4280. The average molecular weight is 912 g/mol. The molecule has 4 heteroatoms. The molecule has 3 aromatic heterocycles. The molecule has 2 aliphatic carbocycles. The zero-order valence-electron chi connectivity index (χ0n) is 38.5. The van der Waals surface area contributed by atoms with Crippen LogP contribution >= 0.6 is 11.3 Å². The molecular formula is C66H45N3S. The molecule has 16 rings (SSSR count). The minimum Gasteiger partial charge on any atom is -0.310 e. The summed E-state index contributed by atoms with van der Waals surface area (Å²) in [4.78, 5) is 2.48. The number of aromatic nitrogens is 2. The number of nitrogens with zero attached hydrogens (tertiary/aromatic N) is 3. The molecule has 3 nitrogen and oxygen atoms in total. The molecule has 0 N–H and O–H groups in total. The van der Waals surface area contributed by atoms with Gasteiger partial charge >= 0.3 is 0 Å². The van der Waals surface area contributed by atoms with Crippen LogP contribution in [0.15, 0.2) is 212 Å². The maximum Gasteiger partial charge on any atom is 0.0623 e. The molecule has 13 aromatic rings. The topological polar surface area (TPSA) is 13.1 Å². The monoisotopic (exact) mass is 911 g/mol. The predicted molar refractivity (Wildman–Crippen MR) is 296 cm³/mol. The largest absolute Gasteiger partial charge is 0.310 e. The van der Waals surface area contributed by atoms with Gasteiger partial charge in [0.1, 0.15) is 0 Å². The van der Waals surface area contributed by atoms with Crippen molar-refractivity contribution in [3.8, 4) is 44.8 Å². The second kappa shape index (κ2) is 14.4. The van der Waals surface area contributed by atoms with E-state index in [2.05, 4.69) is 226 Å². The summed E-state index contributed by atoms with van der Waals surface area (Å²) in [6, 6.07) is 80.1. The van der Waals surface area contributed by atoms with Crippen molar-refractivity contribution in [3.05, 3.63) is 223 Å². The molecule has 4 heterocycles. The second-order valence-electron chi connectivity index (χ2n) is 19.8. The molecule has 330 valence electrons. The summed E-state index contributed by atoms with van der Waals surface area (Å²) < 4.78 is 7.61. The Morgan fingerprint density at radius 3 is 1.73 bits per heavy atom. The Morgan fingerprint density at radius 2 is 0.986 bits per heavy atom. The van der Waals surface area contributed by atoms with Gasteiger partial charge in [0.15, 0.2) is 0 Å². The van der Waals surface area contributed by atoms with Crippen LogP contribution in [0.2, 0.25) is 0 Å². The Hall–Kier alpha value is -8.18. The van der Waals surface area contributed by atoms with E-state index in [1.165, 1.54) is 152 Å². The van der Waals surface area contributed by atoms with Crippen molar-refractivity contribution in [1.82, 2.24) is 9.13 Å². The molecule has 3 aliphatic rings. The molecule has 1 saturated carbocycles. The lowest BCUT2D eigenvalue weighted by Crippen LogP contribution is -2.28. The van der Waals surface area contributed by atoms with Crippen LogP contribution < -0.4 is 4.90 Å². The fourth-order valence-corrected chi connectivity index (χ4v) is 14.7. The van der Waals surface area contributed by atoms with Crippen LogP contribution in [0.1, 0.15) is 43.2 Å². The van der Waals surface area contributed by atoms with Gasteiger partial charge in [-0.05, 0) is 125 Å². The number of anilines is 3. The number of thiophene rings is 1. The number of fused-ring (bicyclic) bond motifs is 14. The first kappa shape index (κ1) is 38.8. The summed E-state index contributed by atoms with van der Waals surface area (Å²) in [5.41, 5.74) is 22.1. The highest BCUT2D eigenvalue weighted by molar-refractivity contribution is 7.26. The summed E-state index contributed by atoms with van der Waals surface area (Å²) >= 11 is 1.87. The standard InChI is InChI=1S/C66H45N3S/c1-12-39-66(40-13-1)52-37-35-45(61-50-18-5-10-23-57(50)69-56-22-9-4-17-48(56)49-36-38-53(66)64(63(52)61)65(49)69)41-27-29-42(30-28-41)67(58-24-14-26-60-62(58)51-19-6-11-25-59(51)70-60)43-31-33-44(34-32-43)68-54-20-7-2-15-46(54)47-16-3-8-21-55(47)68/h2-11,14-38H,1,12-13,39-40H2. The zero-order chi connectivity index (χ0) is 45.7. The van der Waals surface area contributed by atoms with E-state index in [4.69, 9.17) is 0 Å². The van der Waals surface area contributed by atoms with Gasteiger partial charge in [-0.3, -0.25) is 0 Å². The average Bonchev–Trinajstić information content (AvgIpc) is 4.13. The quantitative estimate of drug-likeness (QED) is 0.168. The lowest BCUT2D eigenvalue weighted by molar-refractivity contribution is 0.353. The summed E-state index contributed by atoms with van der Waals surface area (Å²) in [6.45, 7) is 0. The van der Waals surface area contributed by atoms with Gasteiger partial charge in [-0.2, -0.15) is 0 Å². The Labute approximate surface area is 409 Å². The number of rotatable bonds is 5. The first-order valence-electron chi connectivity index (χ1n) is 25.0. The maximum atomic E-state index is 2.61. The molecule has 0 bridgehead atoms. The molecule has 0 saturated heterocycles. The van der Waals surface area contributed by atoms with Crippen LogP contribution in [-0.2, 0) is 5.41 Å². The van der Waals surface area contributed by atoms with E-state index in [1.54, 1.807) is 0 Å². The van der Waals surface area contributed by atoms with E-state index < -0.39 is 0 Å². The third-order valence-corrected chi connectivity index (χ3v) is 17.6. The highest BCUT2D eigenvalue weighted by atomic mass is 32.1. The fraction of sp³-hybridized carbons (Fsp3) is 0.0909. The van der Waals surface area contributed by atoms with E-state index in [1.807, 2.05) is 11.3 Å². The van der Waals surface area contributed by atoms with E-state index >= 15 is 0 Å². The van der Waals surface area contributed by atoms with Crippen molar-refractivity contribution in [2.24, 2.45) is 0 Å². The van der Waals surface area contributed by atoms with Crippen LogP contribution in [0.5, 0.6) is 0 Å². The van der Waals surface area contributed by atoms with Crippen LogP contribution in [0, 0.1) is 0 Å². The lowest BCUT2D eigenvalue weighted by Gasteiger charge is -2.36. The first-order valence-corrected chi connectivity index (χ1v) is 25.8. The minimum atomic E-state index is 0.0340. The van der Waals surface area contributed by atoms with Gasteiger partial charge < -0.3 is 14.0 Å². The Morgan fingerprint density at radius 1 is 0.400 bits per heavy atom. The van der Waals surface area contributed by atoms with Crippen molar-refractivity contribution in [1.29, 1.82) is 0 Å². The van der Waals surface area contributed by atoms with E-state index in [9.17, 15) is 0 Å². The molecule has 0 amide bonds. The molecular weight excluding hydrogens is 867 g/mol. The van der Waals surface area contributed by atoms with Crippen LogP contribution in [0.3, 0.4) is 0 Å². The van der Waals surface area contributed by atoms with Gasteiger partial charge in [0.2, 0.25) is 0 Å². The molecule has 0 atom stereocenters. The fourth-order valence-electron chi connectivity index (χ4n) is 13.6. The number of hydrogen-bond acceptors (Lipinski definition) is 2. The lowest BCUT2D eigenvalue weighted by atomic mass is 9.67. The van der Waals surface area contributed by atoms with Crippen LogP contribution in [0.25, 0.3) is 109 Å². The smallest absolute Gasteiger partial charge is 0.0623 e. The van der Waals surface area contributed by atoms with Crippen LogP contribution in [0.4, 0.5) is 17.1 Å². The normalized spacial score (nSPS) is 14.4. The van der Waals surface area contributed by atoms with Crippen molar-refractivity contribution in [3.63, 3.8) is 0 Å². The van der Waals surface area contributed by atoms with Crippen molar-refractivity contribution in [2.75, 3.05) is 4.90 Å². The first-order chi connectivity index (χ1) is 34.7. The number of para-hydroxylation sites is 4. The van der Waals surface area contributed by atoms with Gasteiger partial charge in [0.25, 0.3) is 0 Å². The number of benzene rings is 10.